The van der Waals surface area contributed by atoms with Gasteiger partial charge in [-0.2, -0.15) is 0 Å². The number of nitrogens with one attached hydrogen (secondary N) is 2. The van der Waals surface area contributed by atoms with Gasteiger partial charge < -0.3 is 19.3 Å². The summed E-state index contributed by atoms with van der Waals surface area (Å²) < 4.78 is 15.4. The van der Waals surface area contributed by atoms with E-state index in [1.54, 1.807) is 13.0 Å². The number of aromatic nitrogens is 1. The third-order valence-corrected chi connectivity index (χ3v) is 2.00. The first kappa shape index (κ1) is 14.5. The van der Waals surface area contributed by atoms with Crippen LogP contribution in [0.25, 0.3) is 0 Å². The molecule has 0 aromatic carbocycles. The number of aryl methyl sites for hydroxylation is 1. The minimum Gasteiger partial charge on any atom is -0.360 e. The lowest BCUT2D eigenvalue weighted by atomic mass is 10.5. The highest BCUT2D eigenvalue weighted by molar-refractivity contribution is 5.88. The highest BCUT2D eigenvalue weighted by Gasteiger charge is 2.11. The molecule has 7 heteroatoms. The van der Waals surface area contributed by atoms with Crippen LogP contribution in [-0.4, -0.2) is 37.2 Å². The molecule has 0 radical (unpaired) electrons. The van der Waals surface area contributed by atoms with Crippen molar-refractivity contribution in [3.8, 4) is 0 Å². The Balaban J connectivity index is 2.30. The quantitative estimate of drug-likeness (QED) is 0.723. The molecule has 7 nitrogen and oxygen atoms in total. The maximum atomic E-state index is 11.5. The summed E-state index contributed by atoms with van der Waals surface area (Å²) in [4.78, 5) is 11.5. The Morgan fingerprint density at radius 2 is 2.11 bits per heavy atom. The van der Waals surface area contributed by atoms with E-state index >= 15 is 0 Å². The average Bonchev–Trinajstić information content (AvgIpc) is 2.72. The predicted molar refractivity (Wildman–Crippen MR) is 65.3 cm³/mol. The molecule has 0 atom stereocenters. The fraction of sp³-hybridized carbons (Fsp3) is 0.636. The molecule has 0 saturated carbocycles. The molecule has 1 rings (SSSR count). The molecule has 0 fully saturated rings. The van der Waals surface area contributed by atoms with Crippen LogP contribution in [0.4, 0.5) is 10.6 Å². The summed E-state index contributed by atoms with van der Waals surface area (Å²) >= 11 is 0. The van der Waals surface area contributed by atoms with Crippen molar-refractivity contribution in [3.63, 3.8) is 0 Å². The average molecular weight is 257 g/mol. The SMILES string of the molecule is CCOC(CNC(=O)Nc1cc(C)on1)OCC. The van der Waals surface area contributed by atoms with Gasteiger partial charge in [0.05, 0.1) is 6.54 Å². The number of amides is 2. The number of ether oxygens (including phenoxy) is 2. The minimum absolute atomic E-state index is 0.268. The zero-order valence-electron chi connectivity index (χ0n) is 10.9. The summed E-state index contributed by atoms with van der Waals surface area (Å²) in [5.74, 6) is 1.00. The van der Waals surface area contributed by atoms with Crippen LogP contribution < -0.4 is 10.6 Å². The standard InChI is InChI=1S/C11H19N3O4/c1-4-16-10(17-5-2)7-12-11(15)13-9-6-8(3)18-14-9/h6,10H,4-5,7H2,1-3H3,(H2,12,13,14,15). The minimum atomic E-state index is -0.440. The Hall–Kier alpha value is -1.60. The van der Waals surface area contributed by atoms with Gasteiger partial charge in [-0.1, -0.05) is 5.16 Å². The highest BCUT2D eigenvalue weighted by Crippen LogP contribution is 2.06. The molecule has 0 bridgehead atoms. The van der Waals surface area contributed by atoms with Crippen LogP contribution in [0.5, 0.6) is 0 Å². The Bertz CT molecular complexity index is 361. The van der Waals surface area contributed by atoms with Gasteiger partial charge in [-0.15, -0.1) is 0 Å². The first-order chi connectivity index (χ1) is 8.65. The molecule has 2 N–H and O–H groups in total. The summed E-state index contributed by atoms with van der Waals surface area (Å²) in [7, 11) is 0. The fourth-order valence-corrected chi connectivity index (χ4v) is 1.30. The lowest BCUT2D eigenvalue weighted by molar-refractivity contribution is -0.131. The van der Waals surface area contributed by atoms with Gasteiger partial charge in [0.1, 0.15) is 5.76 Å². The number of carbonyl (C=O) groups excluding carboxylic acids is 1. The molecule has 0 spiro atoms. The van der Waals surface area contributed by atoms with Crippen molar-refractivity contribution < 1.29 is 18.8 Å². The van der Waals surface area contributed by atoms with Gasteiger partial charge in [-0.05, 0) is 20.8 Å². The lowest BCUT2D eigenvalue weighted by Crippen LogP contribution is -2.37. The molecule has 1 aromatic heterocycles. The number of rotatable bonds is 7. The van der Waals surface area contributed by atoms with Crippen LogP contribution in [0.3, 0.4) is 0 Å². The molecule has 1 heterocycles. The van der Waals surface area contributed by atoms with Crippen molar-refractivity contribution in [2.24, 2.45) is 0 Å². The zero-order chi connectivity index (χ0) is 13.4. The fourth-order valence-electron chi connectivity index (χ4n) is 1.30. The highest BCUT2D eigenvalue weighted by atomic mass is 16.7. The summed E-state index contributed by atoms with van der Waals surface area (Å²) in [5, 5.41) is 8.81. The van der Waals surface area contributed by atoms with Crippen LogP contribution in [-0.2, 0) is 9.47 Å². The van der Waals surface area contributed by atoms with Crippen molar-refractivity contribution >= 4 is 11.8 Å². The summed E-state index contributed by atoms with van der Waals surface area (Å²) in [6.45, 7) is 6.79. The number of hydrogen-bond acceptors (Lipinski definition) is 5. The summed E-state index contributed by atoms with van der Waals surface area (Å²) in [5.41, 5.74) is 0. The molecular formula is C11H19N3O4. The van der Waals surface area contributed by atoms with E-state index in [0.29, 0.717) is 24.8 Å². The van der Waals surface area contributed by atoms with E-state index in [2.05, 4.69) is 15.8 Å². The number of carbonyl (C=O) groups is 1. The maximum Gasteiger partial charge on any atom is 0.320 e. The Kier molecular flexibility index (Phi) is 6.16. The normalized spacial score (nSPS) is 10.7. The molecule has 0 aliphatic rings. The lowest BCUT2D eigenvalue weighted by Gasteiger charge is -2.17. The molecule has 18 heavy (non-hydrogen) atoms. The maximum absolute atomic E-state index is 11.5. The van der Waals surface area contributed by atoms with Crippen LogP contribution >= 0.6 is 0 Å². The van der Waals surface area contributed by atoms with Crippen LogP contribution in [0.2, 0.25) is 0 Å². The monoisotopic (exact) mass is 257 g/mol. The number of anilines is 1. The molecule has 0 unspecified atom stereocenters. The second-order valence-corrected chi connectivity index (χ2v) is 3.50. The van der Waals surface area contributed by atoms with Crippen molar-refractivity contribution in [3.05, 3.63) is 11.8 Å². The van der Waals surface area contributed by atoms with E-state index in [4.69, 9.17) is 14.0 Å². The molecule has 0 saturated heterocycles. The van der Waals surface area contributed by atoms with Gasteiger partial charge in [-0.3, -0.25) is 5.32 Å². The van der Waals surface area contributed by atoms with E-state index in [1.165, 1.54) is 0 Å². The largest absolute Gasteiger partial charge is 0.360 e. The second kappa shape index (κ2) is 7.67. The topological polar surface area (TPSA) is 85.6 Å². The first-order valence-corrected chi connectivity index (χ1v) is 5.87. The van der Waals surface area contributed by atoms with E-state index in [1.807, 2.05) is 13.8 Å². The molecule has 0 aliphatic heterocycles. The van der Waals surface area contributed by atoms with Gasteiger partial charge in [0.25, 0.3) is 0 Å². The van der Waals surface area contributed by atoms with E-state index < -0.39 is 6.29 Å². The summed E-state index contributed by atoms with van der Waals surface area (Å²) in [6, 6.07) is 1.25. The second-order valence-electron chi connectivity index (χ2n) is 3.50. The van der Waals surface area contributed by atoms with Crippen molar-refractivity contribution in [2.75, 3.05) is 25.1 Å². The number of hydrogen-bond donors (Lipinski definition) is 2. The third-order valence-electron chi connectivity index (χ3n) is 2.00. The van der Waals surface area contributed by atoms with Crippen LogP contribution in [0.15, 0.2) is 10.6 Å². The predicted octanol–water partition coefficient (Wildman–Crippen LogP) is 1.50. The van der Waals surface area contributed by atoms with E-state index in [-0.39, 0.29) is 12.6 Å². The molecule has 2 amide bonds. The smallest absolute Gasteiger partial charge is 0.320 e. The van der Waals surface area contributed by atoms with Gasteiger partial charge in [0, 0.05) is 19.3 Å². The summed E-state index contributed by atoms with van der Waals surface area (Å²) in [6.07, 6.45) is -0.440. The van der Waals surface area contributed by atoms with Gasteiger partial charge in [-0.25, -0.2) is 4.79 Å². The number of nitrogens with zero attached hydrogens (tertiary/aromatic N) is 1. The van der Waals surface area contributed by atoms with Crippen molar-refractivity contribution in [1.82, 2.24) is 10.5 Å². The van der Waals surface area contributed by atoms with Crippen molar-refractivity contribution in [1.29, 1.82) is 0 Å². The van der Waals surface area contributed by atoms with E-state index in [9.17, 15) is 4.79 Å². The van der Waals surface area contributed by atoms with Gasteiger partial charge >= 0.3 is 6.03 Å². The Labute approximate surface area is 106 Å². The van der Waals surface area contributed by atoms with Gasteiger partial charge in [0.2, 0.25) is 0 Å². The van der Waals surface area contributed by atoms with E-state index in [0.717, 1.165) is 0 Å². The third kappa shape index (κ3) is 5.15. The van der Waals surface area contributed by atoms with Crippen LogP contribution in [0.1, 0.15) is 19.6 Å². The first-order valence-electron chi connectivity index (χ1n) is 5.87. The zero-order valence-corrected chi connectivity index (χ0v) is 10.9. The molecule has 1 aromatic rings. The van der Waals surface area contributed by atoms with Crippen LogP contribution in [0, 0.1) is 6.92 Å². The Morgan fingerprint density at radius 1 is 1.44 bits per heavy atom. The van der Waals surface area contributed by atoms with Crippen molar-refractivity contribution in [2.45, 2.75) is 27.1 Å². The molecule has 0 aliphatic carbocycles. The Morgan fingerprint density at radius 3 is 2.61 bits per heavy atom. The van der Waals surface area contributed by atoms with Gasteiger partial charge in [0.15, 0.2) is 12.1 Å². The number of urea groups is 1. The molecule has 102 valence electrons. The molecular weight excluding hydrogens is 238 g/mol.